The van der Waals surface area contributed by atoms with E-state index in [-0.39, 0.29) is 29.6 Å². The summed E-state index contributed by atoms with van der Waals surface area (Å²) in [4.78, 5) is 14.9. The number of fused-ring (bicyclic) bond motifs is 1. The molecule has 1 fully saturated rings. The summed E-state index contributed by atoms with van der Waals surface area (Å²) in [5, 5.41) is 4.40. The molecule has 4 rings (SSSR count). The van der Waals surface area contributed by atoms with Crippen molar-refractivity contribution in [1.29, 1.82) is 0 Å². The normalized spacial score (nSPS) is 18.8. The number of sulfonamides is 1. The molecule has 0 atom stereocenters. The molecule has 0 N–H and O–H groups in total. The summed E-state index contributed by atoms with van der Waals surface area (Å²) in [6.07, 6.45) is -1.17. The third-order valence-electron chi connectivity index (χ3n) is 6.59. The molecular weight excluding hydrogens is 457 g/mol. The van der Waals surface area contributed by atoms with E-state index in [1.165, 1.54) is 16.4 Å². The molecule has 0 aliphatic carbocycles. The predicted molar refractivity (Wildman–Crippen MR) is 116 cm³/mol. The van der Waals surface area contributed by atoms with Crippen molar-refractivity contribution in [2.75, 3.05) is 25.9 Å². The van der Waals surface area contributed by atoms with Crippen LogP contribution in [-0.4, -0.2) is 59.2 Å². The fourth-order valence-electron chi connectivity index (χ4n) is 4.87. The third kappa shape index (κ3) is 4.79. The van der Waals surface area contributed by atoms with Crippen LogP contribution in [0.15, 0.2) is 24.3 Å². The van der Waals surface area contributed by atoms with Crippen molar-refractivity contribution >= 4 is 15.9 Å². The van der Waals surface area contributed by atoms with Crippen LogP contribution in [-0.2, 0) is 36.2 Å². The van der Waals surface area contributed by atoms with Crippen molar-refractivity contribution in [1.82, 2.24) is 19.0 Å². The van der Waals surface area contributed by atoms with E-state index < -0.39 is 21.8 Å². The van der Waals surface area contributed by atoms with E-state index in [0.717, 1.165) is 18.0 Å². The third-order valence-corrected chi connectivity index (χ3v) is 7.84. The second kappa shape index (κ2) is 8.75. The van der Waals surface area contributed by atoms with E-state index >= 15 is 0 Å². The summed E-state index contributed by atoms with van der Waals surface area (Å²) in [6, 6.07) is 5.61. The number of benzene rings is 1. The zero-order valence-corrected chi connectivity index (χ0v) is 19.4. The Bertz CT molecular complexity index is 1150. The molecule has 11 heteroatoms. The monoisotopic (exact) mass is 484 g/mol. The number of aryl methyl sites for hydroxylation is 1. The zero-order chi connectivity index (χ0) is 24.0. The van der Waals surface area contributed by atoms with Gasteiger partial charge in [0, 0.05) is 44.5 Å². The highest BCUT2D eigenvalue weighted by molar-refractivity contribution is 7.88. The van der Waals surface area contributed by atoms with Gasteiger partial charge in [-0.1, -0.05) is 18.2 Å². The van der Waals surface area contributed by atoms with Crippen molar-refractivity contribution in [2.45, 2.75) is 44.3 Å². The van der Waals surface area contributed by atoms with Gasteiger partial charge in [-0.05, 0) is 43.2 Å². The van der Waals surface area contributed by atoms with Crippen LogP contribution in [0.2, 0.25) is 0 Å². The summed E-state index contributed by atoms with van der Waals surface area (Å²) in [6.45, 7) is 1.11. The Morgan fingerprint density at radius 1 is 1.12 bits per heavy atom. The Hall–Kier alpha value is -2.40. The van der Waals surface area contributed by atoms with Crippen LogP contribution in [0.25, 0.3) is 0 Å². The molecule has 2 aromatic rings. The van der Waals surface area contributed by atoms with Crippen LogP contribution >= 0.6 is 0 Å². The number of carbonyl (C=O) groups excluding carboxylic acids is 1. The van der Waals surface area contributed by atoms with E-state index in [0.29, 0.717) is 50.9 Å². The Labute approximate surface area is 191 Å². The molecule has 0 unspecified atom stereocenters. The lowest BCUT2D eigenvalue weighted by Gasteiger charge is -2.33. The SMILES string of the molecule is Cn1nc(C(=O)N2CCC(c3ccccc3C(F)(F)F)CC2)c2c1CCCN(S(C)(=O)=O)C2. The number of amides is 1. The lowest BCUT2D eigenvalue weighted by Crippen LogP contribution is -2.39. The fourth-order valence-corrected chi connectivity index (χ4v) is 5.69. The highest BCUT2D eigenvalue weighted by atomic mass is 32.2. The van der Waals surface area contributed by atoms with Gasteiger partial charge >= 0.3 is 6.18 Å². The fraction of sp³-hybridized carbons (Fsp3) is 0.545. The van der Waals surface area contributed by atoms with E-state index in [4.69, 9.17) is 0 Å². The lowest BCUT2D eigenvalue weighted by atomic mass is 9.86. The number of hydrogen-bond acceptors (Lipinski definition) is 4. The van der Waals surface area contributed by atoms with Crippen LogP contribution in [0, 0.1) is 0 Å². The lowest BCUT2D eigenvalue weighted by molar-refractivity contribution is -0.138. The minimum Gasteiger partial charge on any atom is -0.337 e. The van der Waals surface area contributed by atoms with Gasteiger partial charge in [0.1, 0.15) is 0 Å². The van der Waals surface area contributed by atoms with E-state index in [1.807, 2.05) is 0 Å². The Morgan fingerprint density at radius 3 is 2.42 bits per heavy atom. The molecule has 2 aliphatic heterocycles. The average Bonchev–Trinajstić information content (AvgIpc) is 2.92. The average molecular weight is 485 g/mol. The summed E-state index contributed by atoms with van der Waals surface area (Å²) in [5.41, 5.74) is 1.35. The standard InChI is InChI=1S/C22H27F3N4O3S/c1-27-19-8-5-11-29(33(2,31)32)14-17(19)20(26-27)21(30)28-12-9-15(10-13-28)16-6-3-4-7-18(16)22(23,24)25/h3-4,6-7,15H,5,8-14H2,1-2H3. The number of likely N-dealkylation sites (tertiary alicyclic amines) is 1. The van der Waals surface area contributed by atoms with Crippen molar-refractivity contribution in [3.8, 4) is 0 Å². The Balaban J connectivity index is 1.53. The molecule has 1 saturated heterocycles. The van der Waals surface area contributed by atoms with Crippen LogP contribution in [0.4, 0.5) is 13.2 Å². The van der Waals surface area contributed by atoms with Crippen LogP contribution in [0.5, 0.6) is 0 Å². The molecular formula is C22H27F3N4O3S. The molecule has 2 aliphatic rings. The first-order valence-corrected chi connectivity index (χ1v) is 12.8. The molecule has 0 radical (unpaired) electrons. The zero-order valence-electron chi connectivity index (χ0n) is 18.6. The molecule has 0 bridgehead atoms. The van der Waals surface area contributed by atoms with Gasteiger partial charge in [-0.2, -0.15) is 22.6 Å². The van der Waals surface area contributed by atoms with Gasteiger partial charge in [0.15, 0.2) is 5.69 Å². The minimum atomic E-state index is -4.42. The topological polar surface area (TPSA) is 75.5 Å². The first-order chi connectivity index (χ1) is 15.5. The van der Waals surface area contributed by atoms with Gasteiger partial charge in [-0.15, -0.1) is 0 Å². The van der Waals surface area contributed by atoms with Crippen molar-refractivity contribution in [3.05, 3.63) is 52.3 Å². The molecule has 180 valence electrons. The molecule has 33 heavy (non-hydrogen) atoms. The second-order valence-electron chi connectivity index (χ2n) is 8.75. The van der Waals surface area contributed by atoms with Crippen molar-refractivity contribution in [3.63, 3.8) is 0 Å². The van der Waals surface area contributed by atoms with Crippen LogP contribution < -0.4 is 0 Å². The number of carbonyl (C=O) groups is 1. The van der Waals surface area contributed by atoms with Gasteiger partial charge in [0.05, 0.1) is 11.8 Å². The predicted octanol–water partition coefficient (Wildman–Crippen LogP) is 3.17. The molecule has 7 nitrogen and oxygen atoms in total. The van der Waals surface area contributed by atoms with Gasteiger partial charge < -0.3 is 4.90 Å². The van der Waals surface area contributed by atoms with Gasteiger partial charge in [0.2, 0.25) is 10.0 Å². The molecule has 3 heterocycles. The summed E-state index contributed by atoms with van der Waals surface area (Å²) in [7, 11) is -1.68. The maximum atomic E-state index is 13.4. The van der Waals surface area contributed by atoms with Crippen LogP contribution in [0.1, 0.15) is 58.1 Å². The quantitative estimate of drug-likeness (QED) is 0.671. The van der Waals surface area contributed by atoms with Gasteiger partial charge in [0.25, 0.3) is 5.91 Å². The summed E-state index contributed by atoms with van der Waals surface area (Å²) >= 11 is 0. The number of nitrogens with zero attached hydrogens (tertiary/aromatic N) is 4. The first kappa shape index (κ1) is 23.7. The smallest absolute Gasteiger partial charge is 0.337 e. The summed E-state index contributed by atoms with van der Waals surface area (Å²) in [5.74, 6) is -0.585. The number of halogens is 3. The summed E-state index contributed by atoms with van der Waals surface area (Å²) < 4.78 is 67.5. The first-order valence-electron chi connectivity index (χ1n) is 10.9. The number of hydrogen-bond donors (Lipinski definition) is 0. The maximum Gasteiger partial charge on any atom is 0.416 e. The Kier molecular flexibility index (Phi) is 6.30. The largest absolute Gasteiger partial charge is 0.416 e. The second-order valence-corrected chi connectivity index (χ2v) is 10.7. The maximum absolute atomic E-state index is 13.4. The van der Waals surface area contributed by atoms with Gasteiger partial charge in [-0.25, -0.2) is 8.42 Å². The van der Waals surface area contributed by atoms with Crippen LogP contribution in [0.3, 0.4) is 0 Å². The molecule has 1 aromatic carbocycles. The minimum absolute atomic E-state index is 0.0957. The number of alkyl halides is 3. The van der Waals surface area contributed by atoms with Gasteiger partial charge in [-0.3, -0.25) is 9.48 Å². The number of aromatic nitrogens is 2. The molecule has 1 aromatic heterocycles. The Morgan fingerprint density at radius 2 is 1.79 bits per heavy atom. The highest BCUT2D eigenvalue weighted by Crippen LogP contribution is 2.39. The van der Waals surface area contributed by atoms with E-state index in [1.54, 1.807) is 22.7 Å². The molecule has 0 saturated carbocycles. The van der Waals surface area contributed by atoms with Crippen molar-refractivity contribution < 1.29 is 26.4 Å². The number of rotatable bonds is 3. The van der Waals surface area contributed by atoms with E-state index in [9.17, 15) is 26.4 Å². The number of piperidine rings is 1. The van der Waals surface area contributed by atoms with E-state index in [2.05, 4.69) is 5.10 Å². The molecule has 1 amide bonds. The highest BCUT2D eigenvalue weighted by Gasteiger charge is 2.37. The van der Waals surface area contributed by atoms with Crippen molar-refractivity contribution in [2.24, 2.45) is 7.05 Å². The molecule has 0 spiro atoms.